The van der Waals surface area contributed by atoms with Crippen LogP contribution in [0.4, 0.5) is 0 Å². The Kier molecular flexibility index (Phi) is 19.4. The van der Waals surface area contributed by atoms with Gasteiger partial charge in [-0.1, -0.05) is 134 Å². The third-order valence-corrected chi connectivity index (χ3v) is 25.3. The summed E-state index contributed by atoms with van der Waals surface area (Å²) in [4.78, 5) is 81.0. The highest BCUT2D eigenvalue weighted by molar-refractivity contribution is 8.02. The van der Waals surface area contributed by atoms with Crippen molar-refractivity contribution in [1.82, 2.24) is 10.6 Å². The number of allylic oxidation sites excluding steroid dienone is 8. The number of rotatable bonds is 19. The predicted molar refractivity (Wildman–Crippen MR) is 327 cm³/mol. The molecule has 0 aliphatic heterocycles. The van der Waals surface area contributed by atoms with Crippen molar-refractivity contribution in [2.75, 3.05) is 36.1 Å². The number of hydrogen-bond acceptors (Lipinski definition) is 10. The largest absolute Gasteiger partial charge is 0.355 e. The van der Waals surface area contributed by atoms with Gasteiger partial charge < -0.3 is 10.6 Å². The highest BCUT2D eigenvalue weighted by atomic mass is 32.2. The zero-order valence-electron chi connectivity index (χ0n) is 52.3. The number of Topliss-reactive ketones (excluding diaryl/α,β-unsaturated/α-hetero) is 2. The lowest BCUT2D eigenvalue weighted by atomic mass is 9.40. The van der Waals surface area contributed by atoms with Gasteiger partial charge in [-0.15, -0.1) is 0 Å². The lowest BCUT2D eigenvalue weighted by molar-refractivity contribution is -0.140. The molecule has 6 aliphatic rings. The molecule has 0 radical (unpaired) electrons. The number of nitrogens with zero attached hydrogens (tertiary/aromatic N) is 2. The number of aldehydes is 2. The zero-order chi connectivity index (χ0) is 59.8. The molecule has 4 fully saturated rings. The average molecular weight is 1140 g/mol. The number of hydrogen-bond donors (Lipinski definition) is 2. The number of nitriles is 2. The van der Waals surface area contributed by atoms with Crippen LogP contribution in [-0.2, 0) is 28.8 Å². The third-order valence-electron chi connectivity index (χ3n) is 23.1. The van der Waals surface area contributed by atoms with Crippen molar-refractivity contribution in [3.05, 3.63) is 46.6 Å². The van der Waals surface area contributed by atoms with Gasteiger partial charge in [0.1, 0.15) is 24.7 Å². The Bertz CT molecular complexity index is 2440. The molecule has 442 valence electrons. The molecule has 0 aromatic heterocycles. The van der Waals surface area contributed by atoms with Crippen molar-refractivity contribution in [1.29, 1.82) is 10.5 Å². The van der Waals surface area contributed by atoms with E-state index in [1.165, 1.54) is 0 Å². The van der Waals surface area contributed by atoms with Crippen molar-refractivity contribution in [3.63, 3.8) is 0 Å². The summed E-state index contributed by atoms with van der Waals surface area (Å²) in [7, 11) is 0. The summed E-state index contributed by atoms with van der Waals surface area (Å²) in [6.07, 6.45) is 22.3. The van der Waals surface area contributed by atoms with E-state index in [1.807, 2.05) is 63.4 Å². The maximum atomic E-state index is 14.5. The molecule has 12 heteroatoms. The Morgan fingerprint density at radius 2 is 0.875 bits per heavy atom. The second-order valence-electron chi connectivity index (χ2n) is 30.8. The van der Waals surface area contributed by atoms with E-state index in [4.69, 9.17) is 0 Å². The van der Waals surface area contributed by atoms with E-state index < -0.39 is 32.5 Å². The first-order valence-corrected chi connectivity index (χ1v) is 32.7. The number of carbonyl (C=O) groups excluding carboxylic acids is 6. The predicted octanol–water partition coefficient (Wildman–Crippen LogP) is 14.7. The molecule has 6 rings (SSSR count). The Labute approximate surface area is 491 Å². The number of thioether (sulfide) groups is 2. The van der Waals surface area contributed by atoms with E-state index in [1.54, 1.807) is 12.2 Å². The fourth-order valence-corrected chi connectivity index (χ4v) is 19.0. The van der Waals surface area contributed by atoms with Crippen LogP contribution in [0.15, 0.2) is 46.6 Å². The topological polar surface area (TPSA) is 174 Å². The molecule has 6 atom stereocenters. The summed E-state index contributed by atoms with van der Waals surface area (Å²) >= 11 is 3.70. The molecule has 10 nitrogen and oxygen atoms in total. The monoisotopic (exact) mass is 1130 g/mol. The minimum atomic E-state index is -0.730. The van der Waals surface area contributed by atoms with E-state index in [-0.39, 0.29) is 78.9 Å². The first-order chi connectivity index (χ1) is 37.0. The first-order valence-electron chi connectivity index (χ1n) is 30.4. The normalized spacial score (nSPS) is 37.0. The Hall–Kier alpha value is -3.74. The molecule has 2 amide bonds. The van der Waals surface area contributed by atoms with Crippen LogP contribution in [0.3, 0.4) is 0 Å². The summed E-state index contributed by atoms with van der Waals surface area (Å²) < 4.78 is 0. The number of nitrogens with one attached hydrogen (secondary N) is 2. The minimum Gasteiger partial charge on any atom is -0.355 e. The second-order valence-corrected chi connectivity index (χ2v) is 33.3. The van der Waals surface area contributed by atoms with Gasteiger partial charge in [0.25, 0.3) is 0 Å². The van der Waals surface area contributed by atoms with Gasteiger partial charge in [0.15, 0.2) is 11.6 Å². The van der Waals surface area contributed by atoms with Gasteiger partial charge in [-0.2, -0.15) is 34.0 Å². The maximum absolute atomic E-state index is 14.5. The van der Waals surface area contributed by atoms with Crippen LogP contribution in [0.1, 0.15) is 214 Å². The third kappa shape index (κ3) is 12.1. The van der Waals surface area contributed by atoms with Crippen LogP contribution >= 0.6 is 23.5 Å². The maximum Gasteiger partial charge on any atom is 0.226 e. The molecule has 4 saturated carbocycles. The van der Waals surface area contributed by atoms with Crippen molar-refractivity contribution >= 4 is 59.5 Å². The van der Waals surface area contributed by atoms with Gasteiger partial charge in [0.05, 0.1) is 11.1 Å². The second kappa shape index (κ2) is 23.7. The Balaban J connectivity index is 1.01. The molecule has 0 heterocycles. The van der Waals surface area contributed by atoms with Gasteiger partial charge in [-0.3, -0.25) is 28.8 Å². The van der Waals surface area contributed by atoms with Gasteiger partial charge in [-0.25, -0.2) is 0 Å². The molecule has 6 aliphatic carbocycles. The molecule has 0 aromatic carbocycles. The highest BCUT2D eigenvalue weighted by Gasteiger charge is 2.65. The summed E-state index contributed by atoms with van der Waals surface area (Å²) in [6.45, 7) is 36.1. The molecular formula is C68H102N4O6S2. The van der Waals surface area contributed by atoms with Crippen LogP contribution in [0.25, 0.3) is 0 Å². The van der Waals surface area contributed by atoms with Crippen LogP contribution < -0.4 is 10.6 Å². The van der Waals surface area contributed by atoms with Crippen molar-refractivity contribution in [2.45, 2.75) is 214 Å². The lowest BCUT2D eigenvalue weighted by Crippen LogP contribution is -2.57. The van der Waals surface area contributed by atoms with Gasteiger partial charge in [0, 0.05) is 68.6 Å². The minimum absolute atomic E-state index is 0.0323. The molecular weight excluding hydrogens is 1030 g/mol. The van der Waals surface area contributed by atoms with Crippen LogP contribution in [0.5, 0.6) is 0 Å². The Morgan fingerprint density at radius 3 is 1.16 bits per heavy atom. The first kappa shape index (κ1) is 65.4. The van der Waals surface area contributed by atoms with E-state index in [0.717, 1.165) is 149 Å². The fraction of sp³-hybridized carbons (Fsp3) is 0.765. The summed E-state index contributed by atoms with van der Waals surface area (Å²) in [5, 5.41) is 27.0. The molecule has 0 unspecified atom stereocenters. The number of carbonyl (C=O) groups is 6. The van der Waals surface area contributed by atoms with E-state index >= 15 is 0 Å². The van der Waals surface area contributed by atoms with Crippen LogP contribution in [0, 0.1) is 99.5 Å². The fourth-order valence-electron chi connectivity index (χ4n) is 17.1. The lowest BCUT2D eigenvalue weighted by Gasteiger charge is -2.63. The zero-order valence-corrected chi connectivity index (χ0v) is 54.0. The van der Waals surface area contributed by atoms with Gasteiger partial charge in [-0.05, 0) is 159 Å². The smallest absolute Gasteiger partial charge is 0.226 e. The summed E-state index contributed by atoms with van der Waals surface area (Å²) in [5.74, 6) is 3.55. The summed E-state index contributed by atoms with van der Waals surface area (Å²) in [5.41, 5.74) is -2.23. The van der Waals surface area contributed by atoms with E-state index in [0.29, 0.717) is 13.1 Å². The van der Waals surface area contributed by atoms with Crippen molar-refractivity contribution in [2.24, 2.45) is 76.8 Å². The van der Waals surface area contributed by atoms with Crippen molar-refractivity contribution < 1.29 is 28.8 Å². The Morgan fingerprint density at radius 1 is 0.550 bits per heavy atom. The molecule has 0 saturated heterocycles. The standard InChI is InChI=1S/C68H102N4O6S2/c1-57(2,3)23-29-67(31-25-61(11,26-32-67)65(15)21-17-49-59(7,8)53(75)47(45-69)43-63(49,13)51(65)19-37-73)55(77)71-35-39-79-41-42-80-40-36-72-56(78)68(30-24-58(4,5)6)33-27-62(12,28-34-68)66(16)22-18-50-60(9,10)54(76)48(46-70)44-64(50,14)52(66)20-38-74/h19-20,37-38,43-44,49-50H,17-18,21-36,39-42H2,1-16H3,(H,71,77)(H,72,78)/b51-19-,52-20-/t49-,50-,61?,62?,63-,64-,65+,66+,67?,68?/m0/s1. The van der Waals surface area contributed by atoms with E-state index in [9.17, 15) is 39.3 Å². The van der Waals surface area contributed by atoms with E-state index in [2.05, 4.69) is 106 Å². The SMILES string of the molecule is CC(C)(C)CCC1(C(=O)NCCSCCSCCNC(=O)C2(CCC(C)(C)C)CCC(C)([C@]3(C)CC[C@H]4C(C)(C)C(=O)C(C#N)=C[C@]4(C)/C3=C/C=O)CC2)CCC(C)([C@]2(C)CC[C@H]3C(C)(C)C(=O)C(C#N)=C[C@]3(C)/C2=C/C=O)CC1. The van der Waals surface area contributed by atoms with Gasteiger partial charge >= 0.3 is 0 Å². The molecule has 0 aromatic rings. The molecule has 0 spiro atoms. The average Bonchev–Trinajstić information content (AvgIpc) is 3.57. The van der Waals surface area contributed by atoms with Crippen LogP contribution in [0.2, 0.25) is 0 Å². The van der Waals surface area contributed by atoms with Crippen LogP contribution in [-0.4, -0.2) is 72.1 Å². The number of amides is 2. The summed E-state index contributed by atoms with van der Waals surface area (Å²) in [6, 6.07) is 4.39. The molecule has 80 heavy (non-hydrogen) atoms. The number of fused-ring (bicyclic) bond motifs is 2. The van der Waals surface area contributed by atoms with Gasteiger partial charge in [0.2, 0.25) is 11.8 Å². The molecule has 2 N–H and O–H groups in total. The van der Waals surface area contributed by atoms with Crippen molar-refractivity contribution in [3.8, 4) is 12.1 Å². The molecule has 0 bridgehead atoms. The quantitative estimate of drug-likeness (QED) is 0.0720. The number of ketones is 2. The highest BCUT2D eigenvalue weighted by Crippen LogP contribution is 2.71.